The van der Waals surface area contributed by atoms with E-state index in [1.165, 1.54) is 52.4 Å². The number of nitrogens with zero attached hydrogens (tertiary/aromatic N) is 5. The van der Waals surface area contributed by atoms with Gasteiger partial charge in [-0.05, 0) is 18.2 Å². The van der Waals surface area contributed by atoms with E-state index in [4.69, 9.17) is 11.6 Å². The van der Waals surface area contributed by atoms with Gasteiger partial charge in [0.15, 0.2) is 5.82 Å². The third kappa shape index (κ3) is 4.12. The first-order valence-corrected chi connectivity index (χ1v) is 8.05. The Kier molecular flexibility index (Phi) is 5.37. The van der Waals surface area contributed by atoms with Gasteiger partial charge in [-0.25, -0.2) is 18.7 Å². The van der Waals surface area contributed by atoms with Gasteiger partial charge in [-0.15, -0.1) is 5.10 Å². The maximum Gasteiger partial charge on any atom is 0.266 e. The van der Waals surface area contributed by atoms with Crippen LogP contribution in [0.3, 0.4) is 0 Å². The van der Waals surface area contributed by atoms with Crippen LogP contribution in [0.1, 0.15) is 5.56 Å². The Balaban J connectivity index is 1.60. The summed E-state index contributed by atoms with van der Waals surface area (Å²) in [5, 5.41) is 10.9. The zero-order valence-corrected chi connectivity index (χ0v) is 14.2. The lowest BCUT2D eigenvalue weighted by Gasteiger charge is -2.09. The number of nitrogens with one attached hydrogen (secondary N) is 1. The summed E-state index contributed by atoms with van der Waals surface area (Å²) in [6.45, 7) is 0.302. The van der Waals surface area contributed by atoms with Crippen molar-refractivity contribution in [2.45, 2.75) is 13.0 Å². The van der Waals surface area contributed by atoms with E-state index in [1.54, 1.807) is 0 Å². The Hall–Kier alpha value is -3.07. The molecule has 0 saturated carbocycles. The van der Waals surface area contributed by atoms with Crippen LogP contribution in [0.5, 0.6) is 0 Å². The molecule has 1 aromatic carbocycles. The third-order valence-corrected chi connectivity index (χ3v) is 3.90. The molecular weight excluding hydrogens is 363 g/mol. The Bertz CT molecular complexity index is 953. The minimum Gasteiger partial charge on any atom is -0.354 e. The number of aromatic nitrogens is 5. The molecule has 0 aliphatic carbocycles. The van der Waals surface area contributed by atoms with Crippen molar-refractivity contribution in [3.05, 3.63) is 69.7 Å². The average molecular weight is 377 g/mol. The molecule has 0 aliphatic rings. The Labute approximate surface area is 152 Å². The minimum absolute atomic E-state index is 0.134. The number of amides is 1. The number of carbonyl (C=O) groups excluding carboxylic acids is 1. The predicted octanol–water partition coefficient (Wildman–Crippen LogP) is 0.975. The van der Waals surface area contributed by atoms with Crippen molar-refractivity contribution < 1.29 is 9.18 Å². The standard InChI is InChI=1S/C16H14ClFN6O2/c17-12-2-1-3-13(18)11(12)8-15(25)20-6-7-23-16(26)5-4-14(22-23)24-10-19-9-21-24/h1-5,9-10H,6-8H2,(H,20,25). The van der Waals surface area contributed by atoms with Crippen LogP contribution in [-0.2, 0) is 17.8 Å². The van der Waals surface area contributed by atoms with Gasteiger partial charge in [-0.3, -0.25) is 9.59 Å². The van der Waals surface area contributed by atoms with Crippen molar-refractivity contribution in [3.63, 3.8) is 0 Å². The maximum absolute atomic E-state index is 13.7. The molecule has 0 saturated heterocycles. The normalized spacial score (nSPS) is 10.7. The fraction of sp³-hybridized carbons (Fsp3) is 0.188. The van der Waals surface area contributed by atoms with Gasteiger partial charge in [-0.2, -0.15) is 5.10 Å². The van der Waals surface area contributed by atoms with Crippen LogP contribution in [-0.4, -0.2) is 37.0 Å². The maximum atomic E-state index is 13.7. The van der Waals surface area contributed by atoms with Gasteiger partial charge in [0.25, 0.3) is 5.56 Å². The molecule has 1 amide bonds. The molecule has 10 heteroatoms. The summed E-state index contributed by atoms with van der Waals surface area (Å²) in [4.78, 5) is 27.7. The third-order valence-electron chi connectivity index (χ3n) is 3.55. The molecule has 3 rings (SSSR count). The summed E-state index contributed by atoms with van der Waals surface area (Å²) >= 11 is 5.90. The van der Waals surface area contributed by atoms with Crippen molar-refractivity contribution in [1.29, 1.82) is 0 Å². The molecule has 1 N–H and O–H groups in total. The molecule has 26 heavy (non-hydrogen) atoms. The molecule has 0 atom stereocenters. The second kappa shape index (κ2) is 7.87. The zero-order valence-electron chi connectivity index (χ0n) is 13.5. The lowest BCUT2D eigenvalue weighted by atomic mass is 10.1. The first-order chi connectivity index (χ1) is 12.5. The summed E-state index contributed by atoms with van der Waals surface area (Å²) in [7, 11) is 0. The summed E-state index contributed by atoms with van der Waals surface area (Å²) in [5.41, 5.74) is -0.185. The quantitative estimate of drug-likeness (QED) is 0.692. The lowest BCUT2D eigenvalue weighted by molar-refractivity contribution is -0.120. The molecule has 0 spiro atoms. The number of benzene rings is 1. The Morgan fingerprint density at radius 1 is 1.27 bits per heavy atom. The van der Waals surface area contributed by atoms with Crippen LogP contribution in [0.25, 0.3) is 5.82 Å². The van der Waals surface area contributed by atoms with Gasteiger partial charge >= 0.3 is 0 Å². The zero-order chi connectivity index (χ0) is 18.5. The van der Waals surface area contributed by atoms with Gasteiger partial charge in [0.05, 0.1) is 13.0 Å². The molecule has 0 unspecified atom stereocenters. The molecule has 0 radical (unpaired) electrons. The molecule has 0 bridgehead atoms. The van der Waals surface area contributed by atoms with E-state index in [0.717, 1.165) is 0 Å². The minimum atomic E-state index is -0.536. The van der Waals surface area contributed by atoms with Crippen molar-refractivity contribution in [2.75, 3.05) is 6.54 Å². The summed E-state index contributed by atoms with van der Waals surface area (Å²) in [6, 6.07) is 7.11. The van der Waals surface area contributed by atoms with Gasteiger partial charge in [-0.1, -0.05) is 17.7 Å². The monoisotopic (exact) mass is 376 g/mol. The first kappa shape index (κ1) is 17.7. The predicted molar refractivity (Wildman–Crippen MR) is 91.5 cm³/mol. The van der Waals surface area contributed by atoms with E-state index in [1.807, 2.05) is 0 Å². The summed E-state index contributed by atoms with van der Waals surface area (Å²) < 4.78 is 16.3. The van der Waals surface area contributed by atoms with Crippen molar-refractivity contribution in [1.82, 2.24) is 29.9 Å². The van der Waals surface area contributed by atoms with Crippen molar-refractivity contribution >= 4 is 17.5 Å². The molecule has 2 heterocycles. The van der Waals surface area contributed by atoms with E-state index in [-0.39, 0.29) is 35.7 Å². The van der Waals surface area contributed by atoms with Crippen molar-refractivity contribution in [3.8, 4) is 5.82 Å². The first-order valence-electron chi connectivity index (χ1n) is 7.67. The second-order valence-corrected chi connectivity index (χ2v) is 5.73. The van der Waals surface area contributed by atoms with Crippen LogP contribution in [0.4, 0.5) is 4.39 Å². The molecule has 8 nitrogen and oxygen atoms in total. The van der Waals surface area contributed by atoms with Gasteiger partial charge in [0, 0.05) is 23.2 Å². The average Bonchev–Trinajstić information content (AvgIpc) is 3.14. The van der Waals surface area contributed by atoms with Crippen LogP contribution in [0, 0.1) is 5.82 Å². The van der Waals surface area contributed by atoms with E-state index < -0.39 is 11.7 Å². The molecule has 0 fully saturated rings. The molecule has 3 aromatic rings. The fourth-order valence-electron chi connectivity index (χ4n) is 2.27. The summed E-state index contributed by atoms with van der Waals surface area (Å²) in [6.07, 6.45) is 2.62. The Morgan fingerprint density at radius 3 is 2.85 bits per heavy atom. The summed E-state index contributed by atoms with van der Waals surface area (Å²) in [5.74, 6) is -0.518. The molecule has 2 aromatic heterocycles. The molecule has 0 aliphatic heterocycles. The number of hydrogen-bond acceptors (Lipinski definition) is 5. The fourth-order valence-corrected chi connectivity index (χ4v) is 2.50. The Morgan fingerprint density at radius 2 is 2.12 bits per heavy atom. The van der Waals surface area contributed by atoms with E-state index in [9.17, 15) is 14.0 Å². The van der Waals surface area contributed by atoms with Gasteiger partial charge < -0.3 is 5.32 Å². The van der Waals surface area contributed by atoms with Crippen LogP contribution >= 0.6 is 11.6 Å². The number of halogens is 2. The van der Waals surface area contributed by atoms with E-state index >= 15 is 0 Å². The smallest absolute Gasteiger partial charge is 0.266 e. The lowest BCUT2D eigenvalue weighted by Crippen LogP contribution is -2.33. The second-order valence-electron chi connectivity index (χ2n) is 5.32. The van der Waals surface area contributed by atoms with E-state index in [2.05, 4.69) is 20.5 Å². The van der Waals surface area contributed by atoms with Crippen molar-refractivity contribution in [2.24, 2.45) is 0 Å². The highest BCUT2D eigenvalue weighted by Crippen LogP contribution is 2.19. The highest BCUT2D eigenvalue weighted by molar-refractivity contribution is 6.31. The highest BCUT2D eigenvalue weighted by atomic mass is 35.5. The number of rotatable bonds is 6. The largest absolute Gasteiger partial charge is 0.354 e. The van der Waals surface area contributed by atoms with Gasteiger partial charge in [0.2, 0.25) is 5.91 Å². The van der Waals surface area contributed by atoms with Crippen LogP contribution in [0.2, 0.25) is 5.02 Å². The number of carbonyl (C=O) groups is 1. The van der Waals surface area contributed by atoms with Crippen LogP contribution < -0.4 is 10.9 Å². The number of hydrogen-bond donors (Lipinski definition) is 1. The van der Waals surface area contributed by atoms with E-state index in [0.29, 0.717) is 5.82 Å². The molecular formula is C16H14ClFN6O2. The van der Waals surface area contributed by atoms with Gasteiger partial charge in [0.1, 0.15) is 18.5 Å². The molecule has 134 valence electrons. The SMILES string of the molecule is O=C(Cc1c(F)cccc1Cl)NCCn1nc(-n2cncn2)ccc1=O. The highest BCUT2D eigenvalue weighted by Gasteiger charge is 2.12. The van der Waals surface area contributed by atoms with Crippen LogP contribution in [0.15, 0.2) is 47.8 Å². The topological polar surface area (TPSA) is 94.7 Å².